The second kappa shape index (κ2) is 9.25. The molecule has 1 aliphatic rings. The van der Waals surface area contributed by atoms with Crippen LogP contribution in [-0.4, -0.2) is 44.1 Å². The average Bonchev–Trinajstić information content (AvgIpc) is 2.45. The third-order valence-electron chi connectivity index (χ3n) is 3.29. The molecular formula is C14H26N6. The second-order valence-corrected chi connectivity index (χ2v) is 4.89. The standard InChI is InChI=1S/C14H26N6/c1-11-5-3-6-12(17-2)9-19-14(16)13(20-11)7-4-8-18-10-15/h5,10,12,17H,3-4,6-9H2,1-2H3,(H2,15,18)(H2,16,19)/b11-5+,20-13?. The van der Waals surface area contributed by atoms with Crippen molar-refractivity contribution in [2.75, 3.05) is 20.1 Å². The number of amidine groups is 1. The van der Waals surface area contributed by atoms with Gasteiger partial charge in [0.25, 0.3) is 0 Å². The Labute approximate surface area is 121 Å². The normalized spacial score (nSPS) is 23.1. The zero-order valence-corrected chi connectivity index (χ0v) is 12.4. The molecule has 6 nitrogen and oxygen atoms in total. The monoisotopic (exact) mass is 278 g/mol. The maximum atomic E-state index is 6.93. The molecule has 1 atom stereocenters. The van der Waals surface area contributed by atoms with Crippen LogP contribution >= 0.6 is 0 Å². The van der Waals surface area contributed by atoms with E-state index in [1.54, 1.807) is 0 Å². The van der Waals surface area contributed by atoms with Crippen LogP contribution in [0.4, 0.5) is 0 Å². The van der Waals surface area contributed by atoms with Crippen LogP contribution in [0.2, 0.25) is 0 Å². The minimum atomic E-state index is 0.358. The first-order valence-corrected chi connectivity index (χ1v) is 7.11. The molecule has 6 heteroatoms. The molecule has 1 rings (SSSR count). The lowest BCUT2D eigenvalue weighted by Gasteiger charge is -2.15. The van der Waals surface area contributed by atoms with Crippen molar-refractivity contribution in [2.24, 2.45) is 15.7 Å². The molecule has 1 unspecified atom stereocenters. The SMILES string of the molecule is CNC1CC/C=C(\C)N=C(CCCNC=N)C(N)=NC1. The van der Waals surface area contributed by atoms with Gasteiger partial charge in [-0.2, -0.15) is 0 Å². The van der Waals surface area contributed by atoms with Gasteiger partial charge < -0.3 is 16.4 Å². The lowest BCUT2D eigenvalue weighted by atomic mass is 10.1. The fourth-order valence-electron chi connectivity index (χ4n) is 2.05. The van der Waals surface area contributed by atoms with Gasteiger partial charge in [-0.1, -0.05) is 6.08 Å². The van der Waals surface area contributed by atoms with Crippen LogP contribution in [0.3, 0.4) is 0 Å². The summed E-state index contributed by atoms with van der Waals surface area (Å²) in [5, 5.41) is 13.1. The van der Waals surface area contributed by atoms with E-state index in [2.05, 4.69) is 26.7 Å². The number of hydrogen-bond donors (Lipinski definition) is 4. The van der Waals surface area contributed by atoms with Gasteiger partial charge in [-0.05, 0) is 39.7 Å². The Balaban J connectivity index is 2.77. The molecule has 20 heavy (non-hydrogen) atoms. The summed E-state index contributed by atoms with van der Waals surface area (Å²) in [6, 6.07) is 0.358. The smallest absolute Gasteiger partial charge is 0.140 e. The van der Waals surface area contributed by atoms with E-state index >= 15 is 0 Å². The highest BCUT2D eigenvalue weighted by Gasteiger charge is 2.10. The van der Waals surface area contributed by atoms with Crippen molar-refractivity contribution >= 4 is 17.9 Å². The van der Waals surface area contributed by atoms with Crippen LogP contribution in [0.1, 0.15) is 32.6 Å². The summed E-state index contributed by atoms with van der Waals surface area (Å²) in [6.45, 7) is 3.43. The Morgan fingerprint density at radius 3 is 3.05 bits per heavy atom. The molecule has 0 saturated carbocycles. The highest BCUT2D eigenvalue weighted by molar-refractivity contribution is 6.41. The van der Waals surface area contributed by atoms with Crippen LogP contribution in [0.5, 0.6) is 0 Å². The minimum Gasteiger partial charge on any atom is -0.382 e. The number of aliphatic imine (C=N–C) groups is 2. The molecule has 5 N–H and O–H groups in total. The van der Waals surface area contributed by atoms with Gasteiger partial charge in [0.1, 0.15) is 5.84 Å². The van der Waals surface area contributed by atoms with E-state index in [0.717, 1.165) is 43.6 Å². The van der Waals surface area contributed by atoms with Crippen molar-refractivity contribution in [2.45, 2.75) is 38.6 Å². The fourth-order valence-corrected chi connectivity index (χ4v) is 2.05. The summed E-state index contributed by atoms with van der Waals surface area (Å²) >= 11 is 0. The summed E-state index contributed by atoms with van der Waals surface area (Å²) in [6.07, 6.45) is 7.05. The predicted octanol–water partition coefficient (Wildman–Crippen LogP) is 1.05. The van der Waals surface area contributed by atoms with Gasteiger partial charge in [-0.25, -0.2) is 0 Å². The summed E-state index contributed by atoms with van der Waals surface area (Å²) in [4.78, 5) is 9.04. The Bertz CT molecular complexity index is 396. The molecule has 0 saturated heterocycles. The maximum absolute atomic E-state index is 6.93. The molecule has 1 heterocycles. The zero-order valence-electron chi connectivity index (χ0n) is 12.4. The van der Waals surface area contributed by atoms with Crippen LogP contribution in [0.15, 0.2) is 21.8 Å². The number of rotatable bonds is 6. The van der Waals surface area contributed by atoms with Crippen LogP contribution in [-0.2, 0) is 0 Å². The number of nitrogens with zero attached hydrogens (tertiary/aromatic N) is 2. The summed E-state index contributed by atoms with van der Waals surface area (Å²) in [5.41, 5.74) is 7.91. The lowest BCUT2D eigenvalue weighted by molar-refractivity contribution is 0.536. The summed E-state index contributed by atoms with van der Waals surface area (Å²) in [5.74, 6) is 0.537. The largest absolute Gasteiger partial charge is 0.382 e. The Hall–Kier alpha value is -1.69. The van der Waals surface area contributed by atoms with Crippen LogP contribution in [0.25, 0.3) is 0 Å². The van der Waals surface area contributed by atoms with E-state index in [-0.39, 0.29) is 0 Å². The van der Waals surface area contributed by atoms with E-state index in [1.165, 1.54) is 6.34 Å². The first-order chi connectivity index (χ1) is 9.67. The average molecular weight is 278 g/mol. The first-order valence-electron chi connectivity index (χ1n) is 7.11. The van der Waals surface area contributed by atoms with E-state index in [1.807, 2.05) is 14.0 Å². The van der Waals surface area contributed by atoms with Gasteiger partial charge in [0.2, 0.25) is 0 Å². The predicted molar refractivity (Wildman–Crippen MR) is 85.8 cm³/mol. The van der Waals surface area contributed by atoms with Crippen molar-refractivity contribution in [1.29, 1.82) is 5.41 Å². The van der Waals surface area contributed by atoms with Gasteiger partial charge in [0, 0.05) is 18.3 Å². The Kier molecular flexibility index (Phi) is 7.57. The topological polar surface area (TPSA) is 98.7 Å². The molecular weight excluding hydrogens is 252 g/mol. The van der Waals surface area contributed by atoms with Gasteiger partial charge in [0.15, 0.2) is 0 Å². The number of allylic oxidation sites excluding steroid dienone is 2. The van der Waals surface area contributed by atoms with E-state index in [9.17, 15) is 0 Å². The number of likely N-dealkylation sites (N-methyl/N-ethyl adjacent to an activating group) is 1. The molecule has 1 aliphatic heterocycles. The number of nitrogens with two attached hydrogens (primary N) is 1. The molecule has 0 radical (unpaired) electrons. The van der Waals surface area contributed by atoms with Crippen molar-refractivity contribution in [3.63, 3.8) is 0 Å². The highest BCUT2D eigenvalue weighted by Crippen LogP contribution is 2.08. The van der Waals surface area contributed by atoms with Crippen molar-refractivity contribution in [1.82, 2.24) is 10.6 Å². The van der Waals surface area contributed by atoms with Gasteiger partial charge in [-0.15, -0.1) is 0 Å². The molecule has 0 amide bonds. The maximum Gasteiger partial charge on any atom is 0.140 e. The summed E-state index contributed by atoms with van der Waals surface area (Å²) in [7, 11) is 1.96. The second-order valence-electron chi connectivity index (χ2n) is 4.89. The van der Waals surface area contributed by atoms with E-state index in [4.69, 9.17) is 11.1 Å². The minimum absolute atomic E-state index is 0.358. The third kappa shape index (κ3) is 5.97. The number of nitrogens with one attached hydrogen (secondary N) is 3. The molecule has 0 aromatic carbocycles. The first kappa shape index (κ1) is 16.4. The molecule has 0 bridgehead atoms. The Morgan fingerprint density at radius 2 is 2.35 bits per heavy atom. The van der Waals surface area contributed by atoms with Crippen molar-refractivity contribution in [3.05, 3.63) is 11.8 Å². The van der Waals surface area contributed by atoms with Gasteiger partial charge >= 0.3 is 0 Å². The van der Waals surface area contributed by atoms with E-state index < -0.39 is 0 Å². The van der Waals surface area contributed by atoms with Gasteiger partial charge in [-0.3, -0.25) is 15.4 Å². The molecule has 0 fully saturated rings. The third-order valence-corrected chi connectivity index (χ3v) is 3.29. The highest BCUT2D eigenvalue weighted by atomic mass is 15.0. The molecule has 112 valence electrons. The fraction of sp³-hybridized carbons (Fsp3) is 0.643. The van der Waals surface area contributed by atoms with E-state index in [0.29, 0.717) is 18.4 Å². The Morgan fingerprint density at radius 1 is 1.55 bits per heavy atom. The van der Waals surface area contributed by atoms with Crippen LogP contribution < -0.4 is 16.4 Å². The van der Waals surface area contributed by atoms with Gasteiger partial charge in [0.05, 0.1) is 18.6 Å². The molecule has 0 aliphatic carbocycles. The zero-order chi connectivity index (χ0) is 14.8. The molecule has 0 aromatic heterocycles. The molecule has 0 aromatic rings. The number of hydrogen-bond acceptors (Lipinski definition) is 5. The summed E-state index contributed by atoms with van der Waals surface area (Å²) < 4.78 is 0. The quantitative estimate of drug-likeness (QED) is 0.332. The van der Waals surface area contributed by atoms with Crippen molar-refractivity contribution < 1.29 is 0 Å². The molecule has 0 spiro atoms. The van der Waals surface area contributed by atoms with Crippen LogP contribution in [0, 0.1) is 5.41 Å². The van der Waals surface area contributed by atoms with Crippen molar-refractivity contribution in [3.8, 4) is 0 Å². The lowest BCUT2D eigenvalue weighted by Crippen LogP contribution is -2.32.